The first-order valence-electron chi connectivity index (χ1n) is 7.32. The van der Waals surface area contributed by atoms with Crippen LogP contribution in [-0.4, -0.2) is 18.5 Å². The lowest BCUT2D eigenvalue weighted by Crippen LogP contribution is -2.21. The molecule has 1 heterocycles. The van der Waals surface area contributed by atoms with Gasteiger partial charge in [-0.25, -0.2) is 4.79 Å². The number of carbonyl (C=O) groups is 2. The van der Waals surface area contributed by atoms with Crippen LogP contribution in [0.3, 0.4) is 0 Å². The number of hydrogen-bond acceptors (Lipinski definition) is 4. The summed E-state index contributed by atoms with van der Waals surface area (Å²) in [6.07, 6.45) is 2.97. The van der Waals surface area contributed by atoms with Crippen molar-refractivity contribution in [1.29, 1.82) is 0 Å². The lowest BCUT2D eigenvalue weighted by molar-refractivity contribution is -0.142. The fraction of sp³-hybridized carbons (Fsp3) is 0.222. The maximum Gasteiger partial charge on any atom is 0.331 e. The van der Waals surface area contributed by atoms with Gasteiger partial charge in [0, 0.05) is 11.8 Å². The Balaban J connectivity index is 1.85. The lowest BCUT2D eigenvalue weighted by Gasteiger charge is -2.13. The number of carbonyl (C=O) groups excluding carboxylic acids is 2. The molecule has 2 rings (SSSR count). The number of para-hydroxylation sites is 1. The topological polar surface area (TPSA) is 55.4 Å². The summed E-state index contributed by atoms with van der Waals surface area (Å²) in [7, 11) is 0. The molecular weight excluding hydrogens is 310 g/mol. The maximum atomic E-state index is 11.9. The minimum Gasteiger partial charge on any atom is -0.452 e. The highest BCUT2D eigenvalue weighted by Gasteiger charge is 2.10. The van der Waals surface area contributed by atoms with Gasteiger partial charge in [-0.2, -0.15) is 11.3 Å². The average molecular weight is 329 g/mol. The van der Waals surface area contributed by atoms with Crippen LogP contribution in [0.5, 0.6) is 0 Å². The van der Waals surface area contributed by atoms with Crippen LogP contribution in [0, 0.1) is 0 Å². The van der Waals surface area contributed by atoms with E-state index in [1.807, 2.05) is 41.1 Å². The van der Waals surface area contributed by atoms with Gasteiger partial charge in [0.25, 0.3) is 5.91 Å². The van der Waals surface area contributed by atoms with Gasteiger partial charge in [-0.15, -0.1) is 0 Å². The van der Waals surface area contributed by atoms with Crippen LogP contribution in [0.1, 0.15) is 30.9 Å². The molecule has 0 aliphatic rings. The number of esters is 1. The van der Waals surface area contributed by atoms with Crippen molar-refractivity contribution >= 4 is 35.0 Å². The van der Waals surface area contributed by atoms with E-state index in [4.69, 9.17) is 4.74 Å². The Hall–Kier alpha value is -2.40. The first-order chi connectivity index (χ1) is 11.1. The average Bonchev–Trinajstić information content (AvgIpc) is 3.04. The molecule has 1 aromatic carbocycles. The van der Waals surface area contributed by atoms with Crippen LogP contribution in [0.25, 0.3) is 6.08 Å². The summed E-state index contributed by atoms with van der Waals surface area (Å²) >= 11 is 1.55. The molecule has 0 atom stereocenters. The molecule has 2 aromatic rings. The van der Waals surface area contributed by atoms with Crippen molar-refractivity contribution in [1.82, 2.24) is 0 Å². The van der Waals surface area contributed by atoms with E-state index >= 15 is 0 Å². The number of rotatable bonds is 6. The number of anilines is 1. The smallest absolute Gasteiger partial charge is 0.331 e. The zero-order chi connectivity index (χ0) is 16.7. The molecule has 4 nitrogen and oxygen atoms in total. The first-order valence-corrected chi connectivity index (χ1v) is 8.26. The summed E-state index contributed by atoms with van der Waals surface area (Å²) in [5, 5.41) is 6.62. The van der Waals surface area contributed by atoms with Gasteiger partial charge < -0.3 is 10.1 Å². The highest BCUT2D eigenvalue weighted by atomic mass is 32.1. The van der Waals surface area contributed by atoms with Crippen LogP contribution in [0.4, 0.5) is 5.69 Å². The van der Waals surface area contributed by atoms with Crippen molar-refractivity contribution < 1.29 is 14.3 Å². The van der Waals surface area contributed by atoms with Crippen LogP contribution >= 0.6 is 11.3 Å². The minimum absolute atomic E-state index is 0.294. The number of nitrogens with one attached hydrogen (secondary N) is 1. The van der Waals surface area contributed by atoms with Gasteiger partial charge in [0.15, 0.2) is 6.61 Å². The summed E-state index contributed by atoms with van der Waals surface area (Å²) in [5.74, 6) is -0.596. The molecule has 0 fully saturated rings. The van der Waals surface area contributed by atoms with Crippen molar-refractivity contribution in [2.75, 3.05) is 11.9 Å². The number of ether oxygens (including phenoxy) is 1. The SMILES string of the molecule is CC(C)c1ccccc1NC(=O)COC(=O)/C=C/c1ccsc1. The largest absolute Gasteiger partial charge is 0.452 e. The van der Waals surface area contributed by atoms with Gasteiger partial charge in [-0.05, 0) is 46.0 Å². The predicted octanol–water partition coefficient (Wildman–Crippen LogP) is 4.07. The molecule has 0 bridgehead atoms. The van der Waals surface area contributed by atoms with Gasteiger partial charge in [0.1, 0.15) is 0 Å². The summed E-state index contributed by atoms with van der Waals surface area (Å²) in [5.41, 5.74) is 2.73. The van der Waals surface area contributed by atoms with Crippen LogP contribution in [0.15, 0.2) is 47.2 Å². The van der Waals surface area contributed by atoms with E-state index < -0.39 is 5.97 Å². The fourth-order valence-electron chi connectivity index (χ4n) is 2.02. The highest BCUT2D eigenvalue weighted by Crippen LogP contribution is 2.23. The normalized spacial score (nSPS) is 10.9. The molecule has 0 aliphatic heterocycles. The summed E-state index contributed by atoms with van der Waals surface area (Å²) in [6.45, 7) is 3.81. The second-order valence-electron chi connectivity index (χ2n) is 5.29. The molecule has 23 heavy (non-hydrogen) atoms. The van der Waals surface area contributed by atoms with Crippen LogP contribution in [-0.2, 0) is 14.3 Å². The molecule has 0 saturated carbocycles. The zero-order valence-corrected chi connectivity index (χ0v) is 13.9. The third-order valence-corrected chi connectivity index (χ3v) is 3.86. The van der Waals surface area contributed by atoms with E-state index in [-0.39, 0.29) is 12.5 Å². The van der Waals surface area contributed by atoms with Crippen molar-refractivity contribution in [2.24, 2.45) is 0 Å². The quantitative estimate of drug-likeness (QED) is 0.642. The number of benzene rings is 1. The van der Waals surface area contributed by atoms with Crippen molar-refractivity contribution in [3.8, 4) is 0 Å². The van der Waals surface area contributed by atoms with E-state index in [9.17, 15) is 9.59 Å². The molecule has 0 saturated heterocycles. The van der Waals surface area contributed by atoms with E-state index in [2.05, 4.69) is 19.2 Å². The third kappa shape index (κ3) is 5.38. The van der Waals surface area contributed by atoms with Crippen molar-refractivity contribution in [3.63, 3.8) is 0 Å². The van der Waals surface area contributed by atoms with Crippen LogP contribution in [0.2, 0.25) is 0 Å². The Morgan fingerprint density at radius 2 is 2.04 bits per heavy atom. The molecule has 0 aliphatic carbocycles. The molecular formula is C18H19NO3S. The number of thiophene rings is 1. The second kappa shape index (κ2) is 8.29. The molecule has 5 heteroatoms. The zero-order valence-electron chi connectivity index (χ0n) is 13.1. The predicted molar refractivity (Wildman–Crippen MR) is 93.5 cm³/mol. The molecule has 1 amide bonds. The summed E-state index contributed by atoms with van der Waals surface area (Å²) in [4.78, 5) is 23.5. The molecule has 1 N–H and O–H groups in total. The van der Waals surface area contributed by atoms with Crippen molar-refractivity contribution in [3.05, 3.63) is 58.3 Å². The van der Waals surface area contributed by atoms with E-state index in [1.54, 1.807) is 17.4 Å². The molecule has 0 unspecified atom stereocenters. The van der Waals surface area contributed by atoms with Crippen molar-refractivity contribution in [2.45, 2.75) is 19.8 Å². The van der Waals surface area contributed by atoms with Gasteiger partial charge >= 0.3 is 5.97 Å². The van der Waals surface area contributed by atoms with Gasteiger partial charge in [0.2, 0.25) is 0 Å². The molecule has 1 aromatic heterocycles. The fourth-order valence-corrected chi connectivity index (χ4v) is 2.65. The van der Waals surface area contributed by atoms with Gasteiger partial charge in [0.05, 0.1) is 0 Å². The number of hydrogen-bond donors (Lipinski definition) is 1. The van der Waals surface area contributed by atoms with Gasteiger partial charge in [-0.3, -0.25) is 4.79 Å². The standard InChI is InChI=1S/C18H19NO3S/c1-13(2)15-5-3-4-6-16(15)19-17(20)11-22-18(21)8-7-14-9-10-23-12-14/h3-10,12-13H,11H2,1-2H3,(H,19,20)/b8-7+. The Labute approximate surface area is 139 Å². The Kier molecular flexibility index (Phi) is 6.11. The van der Waals surface area contributed by atoms with E-state index in [0.29, 0.717) is 5.92 Å². The monoisotopic (exact) mass is 329 g/mol. The minimum atomic E-state index is -0.538. The molecule has 0 radical (unpaired) electrons. The summed E-state index contributed by atoms with van der Waals surface area (Å²) < 4.78 is 4.94. The van der Waals surface area contributed by atoms with E-state index in [1.165, 1.54) is 6.08 Å². The first kappa shape index (κ1) is 17.0. The molecule has 120 valence electrons. The van der Waals surface area contributed by atoms with E-state index in [0.717, 1.165) is 16.8 Å². The Morgan fingerprint density at radius 3 is 2.74 bits per heavy atom. The third-order valence-electron chi connectivity index (χ3n) is 3.16. The Morgan fingerprint density at radius 1 is 1.26 bits per heavy atom. The van der Waals surface area contributed by atoms with Gasteiger partial charge in [-0.1, -0.05) is 32.0 Å². The number of amides is 1. The highest BCUT2D eigenvalue weighted by molar-refractivity contribution is 7.08. The Bertz CT molecular complexity index is 690. The second-order valence-corrected chi connectivity index (χ2v) is 6.07. The lowest BCUT2D eigenvalue weighted by atomic mass is 10.0. The molecule has 0 spiro atoms. The van der Waals surface area contributed by atoms with Crippen LogP contribution < -0.4 is 5.32 Å². The maximum absolute atomic E-state index is 11.9. The summed E-state index contributed by atoms with van der Waals surface area (Å²) in [6, 6.07) is 9.49.